The Morgan fingerprint density at radius 2 is 1.72 bits per heavy atom. The van der Waals surface area contributed by atoms with Gasteiger partial charge in [0.1, 0.15) is 6.04 Å². The highest BCUT2D eigenvalue weighted by Crippen LogP contribution is 2.25. The maximum absolute atomic E-state index is 12.5. The van der Waals surface area contributed by atoms with Gasteiger partial charge in [-0.2, -0.15) is 0 Å². The number of hydrogen-bond donors (Lipinski definition) is 1. The number of carbonyl (C=O) groups is 3. The maximum Gasteiger partial charge on any atom is 0.262 e. The molecule has 0 fully saturated rings. The molecule has 6 heteroatoms. The van der Waals surface area contributed by atoms with Crippen LogP contribution in [-0.2, 0) is 16.1 Å². The molecule has 3 rings (SSSR count). The van der Waals surface area contributed by atoms with Gasteiger partial charge in [0.05, 0.1) is 17.7 Å². The fourth-order valence-corrected chi connectivity index (χ4v) is 2.83. The minimum absolute atomic E-state index is 0.328. The second kappa shape index (κ2) is 6.86. The number of nitrogens with one attached hydrogen (secondary N) is 1. The lowest BCUT2D eigenvalue weighted by Crippen LogP contribution is -2.45. The molecule has 0 aliphatic carbocycles. The summed E-state index contributed by atoms with van der Waals surface area (Å²) in [5.41, 5.74) is 2.15. The molecule has 1 N–H and O–H groups in total. The Kier molecular flexibility index (Phi) is 4.63. The smallest absolute Gasteiger partial charge is 0.262 e. The molecule has 0 aromatic heterocycles. The van der Waals surface area contributed by atoms with E-state index >= 15 is 0 Å². The number of carbonyl (C=O) groups excluding carboxylic acids is 3. The molecule has 1 aliphatic rings. The Morgan fingerprint density at radius 1 is 1.08 bits per heavy atom. The van der Waals surface area contributed by atoms with Gasteiger partial charge in [-0.15, -0.1) is 0 Å². The van der Waals surface area contributed by atoms with Gasteiger partial charge in [-0.3, -0.25) is 19.3 Å². The number of rotatable bonds is 5. The number of amides is 3. The summed E-state index contributed by atoms with van der Waals surface area (Å²) >= 11 is 0. The largest absolute Gasteiger partial charge is 0.380 e. The third-order valence-electron chi connectivity index (χ3n) is 4.10. The Labute approximate surface area is 145 Å². The number of nitrogens with zero attached hydrogens (tertiary/aromatic N) is 1. The third kappa shape index (κ3) is 3.16. The summed E-state index contributed by atoms with van der Waals surface area (Å²) in [4.78, 5) is 38.4. The van der Waals surface area contributed by atoms with Crippen molar-refractivity contribution in [3.63, 3.8) is 0 Å². The van der Waals surface area contributed by atoms with Crippen LogP contribution in [0.15, 0.2) is 48.5 Å². The molecule has 1 heterocycles. The predicted molar refractivity (Wildman–Crippen MR) is 92.2 cm³/mol. The van der Waals surface area contributed by atoms with Crippen LogP contribution in [0.25, 0.3) is 0 Å². The number of methoxy groups -OCH3 is 1. The second-order valence-electron chi connectivity index (χ2n) is 5.82. The standard InChI is InChI=1S/C19H18N2O4/c1-12(17(22)20-14-7-5-6-13(10-14)11-25-2)21-18(23)15-8-3-4-9-16(15)19(21)24/h3-10,12H,11H2,1-2H3,(H,20,22). The van der Waals surface area contributed by atoms with Crippen LogP contribution < -0.4 is 5.32 Å². The highest BCUT2D eigenvalue weighted by atomic mass is 16.5. The zero-order valence-electron chi connectivity index (χ0n) is 14.0. The van der Waals surface area contributed by atoms with Gasteiger partial charge in [-0.25, -0.2) is 0 Å². The summed E-state index contributed by atoms with van der Waals surface area (Å²) in [6, 6.07) is 12.9. The van der Waals surface area contributed by atoms with Gasteiger partial charge in [0.2, 0.25) is 5.91 Å². The SMILES string of the molecule is COCc1cccc(NC(=O)C(C)N2C(=O)c3ccccc3C2=O)c1. The zero-order valence-corrected chi connectivity index (χ0v) is 14.0. The average molecular weight is 338 g/mol. The molecule has 128 valence electrons. The maximum atomic E-state index is 12.5. The summed E-state index contributed by atoms with van der Waals surface area (Å²) in [6.07, 6.45) is 0. The van der Waals surface area contributed by atoms with Gasteiger partial charge in [-0.1, -0.05) is 24.3 Å². The van der Waals surface area contributed by atoms with Gasteiger partial charge >= 0.3 is 0 Å². The van der Waals surface area contributed by atoms with Crippen molar-refractivity contribution in [2.24, 2.45) is 0 Å². The fourth-order valence-electron chi connectivity index (χ4n) is 2.83. The minimum Gasteiger partial charge on any atom is -0.380 e. The van der Waals surface area contributed by atoms with E-state index < -0.39 is 23.8 Å². The van der Waals surface area contributed by atoms with Crippen LogP contribution in [0, 0.1) is 0 Å². The van der Waals surface area contributed by atoms with Gasteiger partial charge in [-0.05, 0) is 36.8 Å². The Hall–Kier alpha value is -2.99. The third-order valence-corrected chi connectivity index (χ3v) is 4.10. The van der Waals surface area contributed by atoms with Crippen molar-refractivity contribution in [3.8, 4) is 0 Å². The topological polar surface area (TPSA) is 75.7 Å². The number of benzene rings is 2. The average Bonchev–Trinajstić information content (AvgIpc) is 2.86. The van der Waals surface area contributed by atoms with Crippen LogP contribution in [0.3, 0.4) is 0 Å². The van der Waals surface area contributed by atoms with Crippen molar-refractivity contribution in [2.45, 2.75) is 19.6 Å². The van der Waals surface area contributed by atoms with Gasteiger partial charge in [0.15, 0.2) is 0 Å². The number of anilines is 1. The van der Waals surface area contributed by atoms with E-state index in [1.807, 2.05) is 6.07 Å². The first-order valence-electron chi connectivity index (χ1n) is 7.88. The lowest BCUT2D eigenvalue weighted by Gasteiger charge is -2.21. The van der Waals surface area contributed by atoms with Gasteiger partial charge < -0.3 is 10.1 Å². The molecule has 25 heavy (non-hydrogen) atoms. The first-order valence-corrected chi connectivity index (χ1v) is 7.88. The number of imide groups is 1. The molecule has 2 aromatic carbocycles. The molecule has 6 nitrogen and oxygen atoms in total. The van der Waals surface area contributed by atoms with Crippen molar-refractivity contribution in [1.29, 1.82) is 0 Å². The molecule has 2 aromatic rings. The van der Waals surface area contributed by atoms with Crippen molar-refractivity contribution < 1.29 is 19.1 Å². The summed E-state index contributed by atoms with van der Waals surface area (Å²) in [7, 11) is 1.59. The number of ether oxygens (including phenoxy) is 1. The molecular formula is C19H18N2O4. The van der Waals surface area contributed by atoms with Crippen molar-refractivity contribution in [2.75, 3.05) is 12.4 Å². The summed E-state index contributed by atoms with van der Waals surface area (Å²) in [6.45, 7) is 1.97. The molecule has 0 radical (unpaired) electrons. The zero-order chi connectivity index (χ0) is 18.0. The van der Waals surface area contributed by atoms with Crippen LogP contribution in [0.2, 0.25) is 0 Å². The fraction of sp³-hybridized carbons (Fsp3) is 0.211. The highest BCUT2D eigenvalue weighted by molar-refractivity contribution is 6.23. The van der Waals surface area contributed by atoms with Crippen LogP contribution in [0.5, 0.6) is 0 Å². The molecule has 0 saturated carbocycles. The van der Waals surface area contributed by atoms with Gasteiger partial charge in [0, 0.05) is 12.8 Å². The first-order chi connectivity index (χ1) is 12.0. The monoisotopic (exact) mass is 338 g/mol. The number of fused-ring (bicyclic) bond motifs is 1. The summed E-state index contributed by atoms with van der Waals surface area (Å²) < 4.78 is 5.07. The molecular weight excluding hydrogens is 320 g/mol. The van der Waals surface area contributed by atoms with Crippen molar-refractivity contribution in [1.82, 2.24) is 4.90 Å². The van der Waals surface area contributed by atoms with Crippen molar-refractivity contribution in [3.05, 3.63) is 65.2 Å². The predicted octanol–water partition coefficient (Wildman–Crippen LogP) is 2.46. The Balaban J connectivity index is 1.76. The molecule has 3 amide bonds. The van der Waals surface area contributed by atoms with Crippen LogP contribution in [-0.4, -0.2) is 35.8 Å². The van der Waals surface area contributed by atoms with E-state index in [2.05, 4.69) is 5.32 Å². The number of hydrogen-bond acceptors (Lipinski definition) is 4. The molecule has 0 spiro atoms. The molecule has 0 saturated heterocycles. The minimum atomic E-state index is -0.918. The van der Waals surface area contributed by atoms with Crippen molar-refractivity contribution >= 4 is 23.4 Å². The van der Waals surface area contributed by atoms with E-state index in [4.69, 9.17) is 4.74 Å². The Bertz CT molecular complexity index is 812. The summed E-state index contributed by atoms with van der Waals surface area (Å²) in [5.74, 6) is -1.32. The summed E-state index contributed by atoms with van der Waals surface area (Å²) in [5, 5.41) is 2.74. The van der Waals surface area contributed by atoms with E-state index in [1.165, 1.54) is 6.92 Å². The van der Waals surface area contributed by atoms with E-state index in [9.17, 15) is 14.4 Å². The Morgan fingerprint density at radius 3 is 2.32 bits per heavy atom. The van der Waals surface area contributed by atoms with Crippen LogP contribution in [0.4, 0.5) is 5.69 Å². The normalized spacial score (nSPS) is 14.4. The molecule has 1 aliphatic heterocycles. The molecule has 1 unspecified atom stereocenters. The lowest BCUT2D eigenvalue weighted by atomic mass is 10.1. The molecule has 1 atom stereocenters. The van der Waals surface area contributed by atoms with E-state index in [0.29, 0.717) is 23.4 Å². The lowest BCUT2D eigenvalue weighted by molar-refractivity contribution is -0.119. The van der Waals surface area contributed by atoms with Gasteiger partial charge in [0.25, 0.3) is 11.8 Å². The molecule has 0 bridgehead atoms. The quantitative estimate of drug-likeness (QED) is 0.850. The second-order valence-corrected chi connectivity index (χ2v) is 5.82. The highest BCUT2D eigenvalue weighted by Gasteiger charge is 2.40. The first kappa shape index (κ1) is 16.9. The van der Waals surface area contributed by atoms with E-state index in [0.717, 1.165) is 10.5 Å². The van der Waals surface area contributed by atoms with Crippen LogP contribution >= 0.6 is 0 Å². The van der Waals surface area contributed by atoms with Crippen LogP contribution in [0.1, 0.15) is 33.2 Å². The van der Waals surface area contributed by atoms with E-state index in [-0.39, 0.29) is 0 Å². The van der Waals surface area contributed by atoms with E-state index in [1.54, 1.807) is 49.6 Å².